The third-order valence-corrected chi connectivity index (χ3v) is 21.1. The Morgan fingerprint density at radius 2 is 1.41 bits per heavy atom. The van der Waals surface area contributed by atoms with Crippen LogP contribution in [0.3, 0.4) is 0 Å². The Balaban J connectivity index is 3.00. The lowest BCUT2D eigenvalue weighted by Crippen LogP contribution is -2.54. The lowest BCUT2D eigenvalue weighted by Gasteiger charge is -2.38. The van der Waals surface area contributed by atoms with Gasteiger partial charge in [-0.25, -0.2) is 0 Å². The average Bonchev–Trinajstić information content (AvgIpc) is 2.61. The Bertz CT molecular complexity index is 1040. The summed E-state index contributed by atoms with van der Waals surface area (Å²) in [6, 6.07) is 6.20. The molecular weight excluding hydrogens is 596 g/mol. The van der Waals surface area contributed by atoms with E-state index in [-0.39, 0.29) is 5.56 Å². The largest absolute Gasteiger partial charge is 0.858 e. The van der Waals surface area contributed by atoms with Crippen molar-refractivity contribution in [1.29, 1.82) is 0 Å². The standard InChI is InChI=1S/C20H39F3NO7SSi5/c1-33(28-36(8,9)30-34(2,3)4)29-37(10,31-35(5,6)7)16-15-17-11-13-18(14-12-17)19(25)24-32(26,27)20(21,22)23/h11-14H,15-16H2,1-10H3,(H,24,25)/p-1. The number of hydrogen-bond acceptors (Lipinski definition) is 7. The van der Waals surface area contributed by atoms with Crippen molar-refractivity contribution in [2.24, 2.45) is 4.40 Å². The van der Waals surface area contributed by atoms with E-state index in [2.05, 4.69) is 43.7 Å². The minimum absolute atomic E-state index is 0.256. The van der Waals surface area contributed by atoms with Gasteiger partial charge < -0.3 is 21.6 Å². The molecule has 0 aliphatic rings. The third kappa shape index (κ3) is 12.8. The number of halogens is 3. The molecule has 0 saturated heterocycles. The van der Waals surface area contributed by atoms with E-state index in [1.165, 1.54) is 12.1 Å². The van der Waals surface area contributed by atoms with E-state index in [1.807, 2.05) is 26.2 Å². The van der Waals surface area contributed by atoms with Gasteiger partial charge in [-0.1, -0.05) is 24.3 Å². The van der Waals surface area contributed by atoms with Gasteiger partial charge in [0, 0.05) is 5.90 Å². The summed E-state index contributed by atoms with van der Waals surface area (Å²) < 4.78 is 87.7. The summed E-state index contributed by atoms with van der Waals surface area (Å²) in [4.78, 5) is 0. The van der Waals surface area contributed by atoms with Crippen molar-refractivity contribution in [1.82, 2.24) is 0 Å². The van der Waals surface area contributed by atoms with E-state index < -0.39 is 64.5 Å². The van der Waals surface area contributed by atoms with Crippen molar-refractivity contribution < 1.29 is 43.2 Å². The molecular formula is C20H38F3NO7SSi5-. The first kappa shape index (κ1) is 34.4. The van der Waals surface area contributed by atoms with Crippen LogP contribution in [0.2, 0.25) is 71.5 Å². The molecule has 0 N–H and O–H groups in total. The molecule has 1 radical (unpaired) electrons. The number of nitrogens with zero attached hydrogens (tertiary/aromatic N) is 1. The molecule has 8 nitrogen and oxygen atoms in total. The molecule has 1 aromatic carbocycles. The summed E-state index contributed by atoms with van der Waals surface area (Å²) in [7, 11) is -16.4. The zero-order chi connectivity index (χ0) is 29.1. The molecule has 1 atom stereocenters. The Labute approximate surface area is 224 Å². The van der Waals surface area contributed by atoms with Gasteiger partial charge in [0.1, 0.15) is 0 Å². The topological polar surface area (TPSA) is 106 Å². The molecule has 0 aromatic heterocycles. The molecule has 0 saturated carbocycles. The molecule has 0 spiro atoms. The number of benzene rings is 1. The maximum atomic E-state index is 12.5. The minimum atomic E-state index is -5.90. The highest BCUT2D eigenvalue weighted by Crippen LogP contribution is 2.26. The van der Waals surface area contributed by atoms with Gasteiger partial charge in [0.25, 0.3) is 0 Å². The first-order valence-electron chi connectivity index (χ1n) is 11.6. The van der Waals surface area contributed by atoms with Gasteiger partial charge in [-0.15, -0.1) is 0 Å². The molecule has 1 aromatic rings. The molecule has 0 aliphatic carbocycles. The fraction of sp³-hybridized carbons (Fsp3) is 0.650. The van der Waals surface area contributed by atoms with Crippen molar-refractivity contribution in [2.45, 2.75) is 83.4 Å². The van der Waals surface area contributed by atoms with Gasteiger partial charge >= 0.3 is 41.9 Å². The fourth-order valence-corrected chi connectivity index (χ4v) is 23.5. The van der Waals surface area contributed by atoms with Crippen LogP contribution in [0.25, 0.3) is 0 Å². The van der Waals surface area contributed by atoms with Crippen LogP contribution in [0.15, 0.2) is 28.7 Å². The van der Waals surface area contributed by atoms with E-state index in [4.69, 9.17) is 16.5 Å². The summed E-state index contributed by atoms with van der Waals surface area (Å²) in [5, 5.41) is 11.9. The number of hydrogen-bond donors (Lipinski definition) is 0. The number of sulfonamides is 1. The SMILES string of the molecule is C[Si](O[Si](C)(C)O[Si](C)(C)C)O[Si](C)(CCc1ccc(/C([O-])=N\S(=O)(=O)C(F)(F)F)cc1)O[Si](C)(C)C. The zero-order valence-electron chi connectivity index (χ0n) is 23.1. The maximum absolute atomic E-state index is 12.5. The smallest absolute Gasteiger partial charge is 0.518 e. The monoisotopic (exact) mass is 633 g/mol. The van der Waals surface area contributed by atoms with Crippen LogP contribution in [0, 0.1) is 0 Å². The Kier molecular flexibility index (Phi) is 11.4. The quantitative estimate of drug-likeness (QED) is 0.174. The fourth-order valence-electron chi connectivity index (χ4n) is 3.60. The van der Waals surface area contributed by atoms with Gasteiger partial charge in [0.05, 0.1) is 0 Å². The predicted molar refractivity (Wildman–Crippen MR) is 148 cm³/mol. The van der Waals surface area contributed by atoms with Crippen molar-refractivity contribution in [3.63, 3.8) is 0 Å². The van der Waals surface area contributed by atoms with Gasteiger partial charge in [0.15, 0.2) is 16.6 Å². The van der Waals surface area contributed by atoms with Crippen LogP contribution in [0.4, 0.5) is 13.2 Å². The van der Waals surface area contributed by atoms with E-state index >= 15 is 0 Å². The molecule has 1 rings (SSSR count). The number of alkyl halides is 3. The first-order valence-corrected chi connectivity index (χ1v) is 27.0. The molecule has 1 unspecified atom stereocenters. The second-order valence-electron chi connectivity index (χ2n) is 11.2. The van der Waals surface area contributed by atoms with E-state index in [9.17, 15) is 26.7 Å². The van der Waals surface area contributed by atoms with E-state index in [0.29, 0.717) is 12.5 Å². The van der Waals surface area contributed by atoms with Crippen molar-refractivity contribution in [3.05, 3.63) is 35.4 Å². The Morgan fingerprint density at radius 1 is 0.919 bits per heavy atom. The zero-order valence-corrected chi connectivity index (χ0v) is 28.9. The summed E-state index contributed by atoms with van der Waals surface area (Å²) in [6.07, 6.45) is 0.529. The summed E-state index contributed by atoms with van der Waals surface area (Å²) in [6.45, 7) is 20.5. The Morgan fingerprint density at radius 3 is 1.84 bits per heavy atom. The minimum Gasteiger partial charge on any atom is -0.858 e. The molecule has 0 amide bonds. The second-order valence-corrected chi connectivity index (χ2v) is 31.0. The average molecular weight is 634 g/mol. The summed E-state index contributed by atoms with van der Waals surface area (Å²) in [5.74, 6) is -1.48. The summed E-state index contributed by atoms with van der Waals surface area (Å²) in [5.41, 5.74) is -5.09. The van der Waals surface area contributed by atoms with Crippen LogP contribution in [-0.2, 0) is 32.9 Å². The van der Waals surface area contributed by atoms with Crippen LogP contribution in [0.5, 0.6) is 0 Å². The van der Waals surface area contributed by atoms with Crippen molar-refractivity contribution >= 4 is 59.0 Å². The molecule has 0 aliphatic heterocycles. The van der Waals surface area contributed by atoms with Crippen LogP contribution in [-0.4, -0.2) is 62.9 Å². The summed E-state index contributed by atoms with van der Waals surface area (Å²) >= 11 is 0. The number of aryl methyl sites for hydroxylation is 1. The Hall–Kier alpha value is -0.646. The molecule has 0 heterocycles. The van der Waals surface area contributed by atoms with Crippen LogP contribution < -0.4 is 5.11 Å². The van der Waals surface area contributed by atoms with Crippen LogP contribution >= 0.6 is 0 Å². The highest BCUT2D eigenvalue weighted by Gasteiger charge is 2.46. The van der Waals surface area contributed by atoms with Crippen molar-refractivity contribution in [2.75, 3.05) is 0 Å². The molecule has 17 heteroatoms. The highest BCUT2D eigenvalue weighted by molar-refractivity contribution is 7.91. The third-order valence-electron chi connectivity index (χ3n) is 4.39. The number of rotatable bonds is 13. The molecule has 37 heavy (non-hydrogen) atoms. The highest BCUT2D eigenvalue weighted by atomic mass is 32.2. The van der Waals surface area contributed by atoms with E-state index in [1.54, 1.807) is 12.1 Å². The van der Waals surface area contributed by atoms with Crippen molar-refractivity contribution in [3.8, 4) is 0 Å². The van der Waals surface area contributed by atoms with Gasteiger partial charge in [0.2, 0.25) is 0 Å². The second kappa shape index (κ2) is 12.3. The van der Waals surface area contributed by atoms with Gasteiger partial charge in [-0.2, -0.15) is 26.0 Å². The van der Waals surface area contributed by atoms with Crippen LogP contribution in [0.1, 0.15) is 11.1 Å². The lowest BCUT2D eigenvalue weighted by atomic mass is 10.1. The molecule has 0 fully saturated rings. The molecule has 213 valence electrons. The first-order chi connectivity index (χ1) is 16.3. The normalized spacial score (nSPS) is 16.2. The predicted octanol–water partition coefficient (Wildman–Crippen LogP) is 4.81. The molecule has 0 bridgehead atoms. The maximum Gasteiger partial charge on any atom is 0.518 e. The van der Waals surface area contributed by atoms with E-state index in [0.717, 1.165) is 5.56 Å². The van der Waals surface area contributed by atoms with Gasteiger partial charge in [-0.3, -0.25) is 0 Å². The van der Waals surface area contributed by atoms with Gasteiger partial charge in [-0.05, 0) is 89.1 Å². The lowest BCUT2D eigenvalue weighted by molar-refractivity contribution is -0.212.